The molecule has 2 aromatic carbocycles. The maximum absolute atomic E-state index is 13.9. The zero-order valence-corrected chi connectivity index (χ0v) is 26.9. The van der Waals surface area contributed by atoms with Crippen molar-refractivity contribution in [2.24, 2.45) is 17.8 Å². The Morgan fingerprint density at radius 3 is 2.07 bits per heavy atom. The third kappa shape index (κ3) is 6.46. The fourth-order valence-electron chi connectivity index (χ4n) is 8.10. The second-order valence-electron chi connectivity index (χ2n) is 12.6. The van der Waals surface area contributed by atoms with Gasteiger partial charge in [0.2, 0.25) is 21.8 Å². The Bertz CT molecular complexity index is 1390. The first kappa shape index (κ1) is 31.1. The number of hydrogen-bond acceptors (Lipinski definition) is 4. The number of amides is 2. The van der Waals surface area contributed by atoms with E-state index in [1.165, 1.54) is 49.0 Å². The monoisotopic (exact) mass is 633 g/mol. The van der Waals surface area contributed by atoms with Gasteiger partial charge in [0.05, 0.1) is 11.9 Å². The van der Waals surface area contributed by atoms with Gasteiger partial charge in [-0.15, -0.1) is 0 Å². The lowest BCUT2D eigenvalue weighted by molar-refractivity contribution is -0.140. The summed E-state index contributed by atoms with van der Waals surface area (Å²) in [6.07, 6.45) is 9.17. The van der Waals surface area contributed by atoms with Crippen LogP contribution in [0.3, 0.4) is 0 Å². The number of anilines is 1. The van der Waals surface area contributed by atoms with Crippen LogP contribution in [0.1, 0.15) is 69.9 Å². The minimum absolute atomic E-state index is 0.0348. The largest absolute Gasteiger partial charge is 0.355 e. The fourth-order valence-corrected chi connectivity index (χ4v) is 9.42. The average Bonchev–Trinajstić information content (AvgIpc) is 2.91. The van der Waals surface area contributed by atoms with Crippen LogP contribution in [0, 0.1) is 17.8 Å². The van der Waals surface area contributed by atoms with Crippen LogP contribution in [-0.2, 0) is 31.6 Å². The van der Waals surface area contributed by atoms with Crippen LogP contribution < -0.4 is 9.62 Å². The summed E-state index contributed by atoms with van der Waals surface area (Å²) < 4.78 is 27.3. The van der Waals surface area contributed by atoms with Crippen molar-refractivity contribution in [2.75, 3.05) is 23.7 Å². The second kappa shape index (κ2) is 12.4. The Labute approximate surface area is 260 Å². The summed E-state index contributed by atoms with van der Waals surface area (Å²) in [5.74, 6) is 1.62. The van der Waals surface area contributed by atoms with Gasteiger partial charge < -0.3 is 10.2 Å². The van der Waals surface area contributed by atoms with Crippen LogP contribution in [0.4, 0.5) is 5.69 Å². The molecule has 10 heteroatoms. The summed E-state index contributed by atoms with van der Waals surface area (Å²) in [5, 5.41) is 3.62. The topological polar surface area (TPSA) is 86.8 Å². The van der Waals surface area contributed by atoms with Crippen LogP contribution in [-0.4, -0.2) is 50.5 Å². The molecule has 6 rings (SSSR count). The molecule has 42 heavy (non-hydrogen) atoms. The van der Waals surface area contributed by atoms with Crippen molar-refractivity contribution >= 4 is 50.7 Å². The van der Waals surface area contributed by atoms with Gasteiger partial charge in [0.1, 0.15) is 12.6 Å². The summed E-state index contributed by atoms with van der Waals surface area (Å²) >= 11 is 12.5. The zero-order valence-electron chi connectivity index (χ0n) is 24.6. The van der Waals surface area contributed by atoms with Gasteiger partial charge in [-0.05, 0) is 110 Å². The molecule has 0 saturated heterocycles. The van der Waals surface area contributed by atoms with E-state index >= 15 is 0 Å². The molecule has 4 bridgehead atoms. The Morgan fingerprint density at radius 2 is 1.57 bits per heavy atom. The third-order valence-corrected chi connectivity index (χ3v) is 11.3. The second-order valence-corrected chi connectivity index (χ2v) is 15.3. The van der Waals surface area contributed by atoms with E-state index in [0.29, 0.717) is 34.3 Å². The van der Waals surface area contributed by atoms with E-state index in [0.717, 1.165) is 28.3 Å². The quantitative estimate of drug-likeness (QED) is 0.321. The number of hydrogen-bond donors (Lipinski definition) is 1. The molecular weight excluding hydrogens is 593 g/mol. The maximum atomic E-state index is 13.9. The van der Waals surface area contributed by atoms with Gasteiger partial charge in [-0.1, -0.05) is 48.3 Å². The highest BCUT2D eigenvalue weighted by Crippen LogP contribution is 2.60. The van der Waals surface area contributed by atoms with Crippen LogP contribution in [0.2, 0.25) is 10.0 Å². The first-order valence-electron chi connectivity index (χ1n) is 15.0. The van der Waals surface area contributed by atoms with E-state index in [4.69, 9.17) is 23.2 Å². The summed E-state index contributed by atoms with van der Waals surface area (Å²) in [6, 6.07) is 12.0. The Kier molecular flexibility index (Phi) is 9.17. The maximum Gasteiger partial charge on any atom is 0.244 e. The number of carbonyl (C=O) groups is 2. The smallest absolute Gasteiger partial charge is 0.244 e. The molecule has 0 spiro atoms. The van der Waals surface area contributed by atoms with Gasteiger partial charge in [0, 0.05) is 23.1 Å². The van der Waals surface area contributed by atoms with E-state index in [-0.39, 0.29) is 17.9 Å². The van der Waals surface area contributed by atoms with Gasteiger partial charge >= 0.3 is 0 Å². The summed E-state index contributed by atoms with van der Waals surface area (Å²) in [6.45, 7) is 3.64. The van der Waals surface area contributed by atoms with Crippen molar-refractivity contribution in [3.05, 3.63) is 63.6 Å². The first-order chi connectivity index (χ1) is 19.9. The number of nitrogens with zero attached hydrogens (tertiary/aromatic N) is 2. The highest BCUT2D eigenvalue weighted by atomic mass is 35.5. The van der Waals surface area contributed by atoms with Crippen LogP contribution in [0.5, 0.6) is 0 Å². The third-order valence-electron chi connectivity index (χ3n) is 9.58. The normalized spacial score (nSPS) is 25.2. The summed E-state index contributed by atoms with van der Waals surface area (Å²) in [5.41, 5.74) is 2.53. The Morgan fingerprint density at radius 1 is 0.976 bits per heavy atom. The molecule has 228 valence electrons. The Balaban J connectivity index is 1.41. The molecule has 4 aliphatic rings. The van der Waals surface area contributed by atoms with Gasteiger partial charge in [0.15, 0.2) is 0 Å². The molecule has 0 aliphatic heterocycles. The van der Waals surface area contributed by atoms with Gasteiger partial charge in [0.25, 0.3) is 0 Å². The van der Waals surface area contributed by atoms with Crippen molar-refractivity contribution in [1.82, 2.24) is 10.2 Å². The number of halogens is 2. The SMILES string of the molecule is CCNC(=O)[C@@H](CC)N(Cc1ccc(Cl)cc1Cl)C(=O)CN(c1ccc(C23CC4CC(CC(C4)C2)C3)cc1)S(C)(=O)=O. The van der Waals surface area contributed by atoms with Crippen LogP contribution >= 0.6 is 23.2 Å². The molecule has 4 fully saturated rings. The molecular formula is C32H41Cl2N3O4S. The standard InChI is InChI=1S/C32H41Cl2N3O4S/c1-4-29(31(39)35-5-2)36(19-24-6-9-26(33)15-28(24)34)30(38)20-37(42(3,40)41)27-10-7-25(8-11-27)32-16-21-12-22(17-32)14-23(13-21)18-32/h6-11,15,21-23,29H,4-5,12-14,16-20H2,1-3H3,(H,35,39)/t21?,22?,23?,29-,32?/m1/s1. The first-order valence-corrected chi connectivity index (χ1v) is 17.6. The van der Waals surface area contributed by atoms with Gasteiger partial charge in [-0.3, -0.25) is 13.9 Å². The summed E-state index contributed by atoms with van der Waals surface area (Å²) in [7, 11) is -3.81. The fraction of sp³-hybridized carbons (Fsp3) is 0.562. The minimum Gasteiger partial charge on any atom is -0.355 e. The molecule has 1 atom stereocenters. The van der Waals surface area contributed by atoms with E-state index in [1.807, 2.05) is 26.0 Å². The molecule has 4 aliphatic carbocycles. The van der Waals surface area contributed by atoms with Crippen molar-refractivity contribution in [3.63, 3.8) is 0 Å². The van der Waals surface area contributed by atoms with Gasteiger partial charge in [-0.2, -0.15) is 0 Å². The number of carbonyl (C=O) groups excluding carboxylic acids is 2. The number of benzene rings is 2. The van der Waals surface area contributed by atoms with E-state index in [9.17, 15) is 18.0 Å². The lowest BCUT2D eigenvalue weighted by Crippen LogP contribution is -2.52. The van der Waals surface area contributed by atoms with Crippen molar-refractivity contribution < 1.29 is 18.0 Å². The van der Waals surface area contributed by atoms with E-state index in [2.05, 4.69) is 17.4 Å². The minimum atomic E-state index is -3.81. The highest BCUT2D eigenvalue weighted by molar-refractivity contribution is 7.92. The highest BCUT2D eigenvalue weighted by Gasteiger charge is 2.51. The van der Waals surface area contributed by atoms with Crippen molar-refractivity contribution in [1.29, 1.82) is 0 Å². The van der Waals surface area contributed by atoms with E-state index in [1.54, 1.807) is 18.2 Å². The van der Waals surface area contributed by atoms with Crippen LogP contribution in [0.15, 0.2) is 42.5 Å². The number of sulfonamides is 1. The number of rotatable bonds is 11. The lowest BCUT2D eigenvalue weighted by Gasteiger charge is -2.57. The predicted octanol–water partition coefficient (Wildman–Crippen LogP) is 6.17. The summed E-state index contributed by atoms with van der Waals surface area (Å²) in [4.78, 5) is 28.4. The van der Waals surface area contributed by atoms with Crippen molar-refractivity contribution in [3.8, 4) is 0 Å². The Hall–Kier alpha value is -2.29. The zero-order chi connectivity index (χ0) is 30.2. The lowest BCUT2D eigenvalue weighted by atomic mass is 9.48. The molecule has 0 radical (unpaired) electrons. The number of likely N-dealkylation sites (N-methyl/N-ethyl adjacent to an activating group) is 1. The molecule has 1 N–H and O–H groups in total. The average molecular weight is 635 g/mol. The molecule has 0 aromatic heterocycles. The molecule has 0 unspecified atom stereocenters. The number of nitrogens with one attached hydrogen (secondary N) is 1. The predicted molar refractivity (Wildman–Crippen MR) is 168 cm³/mol. The molecule has 2 aromatic rings. The molecule has 7 nitrogen and oxygen atoms in total. The van der Waals surface area contributed by atoms with Gasteiger partial charge in [-0.25, -0.2) is 8.42 Å². The molecule has 4 saturated carbocycles. The molecule has 0 heterocycles. The molecule has 2 amide bonds. The van der Waals surface area contributed by atoms with Crippen LogP contribution in [0.25, 0.3) is 0 Å². The van der Waals surface area contributed by atoms with Crippen molar-refractivity contribution in [2.45, 2.75) is 76.8 Å². The van der Waals surface area contributed by atoms with E-state index < -0.39 is 28.5 Å².